The Morgan fingerprint density at radius 3 is 2.67 bits per heavy atom. The molecule has 0 aromatic carbocycles. The van der Waals surface area contributed by atoms with Crippen LogP contribution in [0.15, 0.2) is 12.2 Å². The van der Waals surface area contributed by atoms with Crippen LogP contribution in [0, 0.1) is 5.92 Å². The van der Waals surface area contributed by atoms with Crippen LogP contribution in [0.4, 0.5) is 0 Å². The smallest absolute Gasteiger partial charge is 0.161 e. The molecule has 1 N–H and O–H groups in total. The molecular formula is C10H16O2. The first-order chi connectivity index (χ1) is 5.75. The summed E-state index contributed by atoms with van der Waals surface area (Å²) in [6.07, 6.45) is 6.68. The molecule has 0 radical (unpaired) electrons. The van der Waals surface area contributed by atoms with Crippen LogP contribution in [0.25, 0.3) is 0 Å². The number of ketones is 1. The summed E-state index contributed by atoms with van der Waals surface area (Å²) in [5, 5.41) is 9.51. The van der Waals surface area contributed by atoms with E-state index in [1.807, 2.05) is 6.92 Å². The standard InChI is InChI=1S/C10H16O2/c1-2-5-9(11)8-6-3-4-7-10(8)12/h2,5,8,10,12H,3-4,6-7H2,1H3/b5-2+. The first-order valence-electron chi connectivity index (χ1n) is 4.60. The number of aliphatic hydroxyl groups excluding tert-OH is 1. The van der Waals surface area contributed by atoms with Gasteiger partial charge in [0, 0.05) is 5.92 Å². The number of carbonyl (C=O) groups excluding carboxylic acids is 1. The van der Waals surface area contributed by atoms with Gasteiger partial charge < -0.3 is 5.11 Å². The normalized spacial score (nSPS) is 30.8. The van der Waals surface area contributed by atoms with Crippen molar-refractivity contribution >= 4 is 5.78 Å². The quantitative estimate of drug-likeness (QED) is 0.637. The highest BCUT2D eigenvalue weighted by Crippen LogP contribution is 2.25. The van der Waals surface area contributed by atoms with Crippen molar-refractivity contribution in [2.24, 2.45) is 5.92 Å². The van der Waals surface area contributed by atoms with Crippen LogP contribution < -0.4 is 0 Å². The lowest BCUT2D eigenvalue weighted by atomic mass is 9.83. The second kappa shape index (κ2) is 4.41. The van der Waals surface area contributed by atoms with Gasteiger partial charge in [-0.3, -0.25) is 4.79 Å². The molecule has 2 unspecified atom stereocenters. The van der Waals surface area contributed by atoms with Crippen molar-refractivity contribution in [2.75, 3.05) is 0 Å². The van der Waals surface area contributed by atoms with Gasteiger partial charge in [-0.05, 0) is 25.8 Å². The monoisotopic (exact) mass is 168 g/mol. The third-order valence-corrected chi connectivity index (χ3v) is 2.43. The van der Waals surface area contributed by atoms with Gasteiger partial charge in [0.25, 0.3) is 0 Å². The summed E-state index contributed by atoms with van der Waals surface area (Å²) < 4.78 is 0. The van der Waals surface area contributed by atoms with Crippen molar-refractivity contribution in [3.8, 4) is 0 Å². The maximum Gasteiger partial charge on any atom is 0.161 e. The SMILES string of the molecule is C/C=C/C(=O)C1CCCCC1O. The van der Waals surface area contributed by atoms with Crippen molar-refractivity contribution < 1.29 is 9.90 Å². The predicted molar refractivity (Wildman–Crippen MR) is 47.8 cm³/mol. The molecule has 0 aromatic heterocycles. The summed E-state index contributed by atoms with van der Waals surface area (Å²) in [7, 11) is 0. The Hall–Kier alpha value is -0.630. The Labute approximate surface area is 73.3 Å². The van der Waals surface area contributed by atoms with Gasteiger partial charge in [0.2, 0.25) is 0 Å². The summed E-state index contributed by atoms with van der Waals surface area (Å²) in [5.74, 6) is -0.0420. The van der Waals surface area contributed by atoms with Crippen molar-refractivity contribution in [2.45, 2.75) is 38.7 Å². The average Bonchev–Trinajstić information content (AvgIpc) is 2.05. The predicted octanol–water partition coefficient (Wildman–Crippen LogP) is 1.68. The highest BCUT2D eigenvalue weighted by molar-refractivity contribution is 5.92. The number of hydrogen-bond acceptors (Lipinski definition) is 2. The number of aliphatic hydroxyl groups is 1. The molecule has 1 fully saturated rings. The molecule has 0 aromatic rings. The first kappa shape index (κ1) is 9.46. The molecular weight excluding hydrogens is 152 g/mol. The van der Waals surface area contributed by atoms with E-state index in [-0.39, 0.29) is 11.7 Å². The number of rotatable bonds is 2. The zero-order chi connectivity index (χ0) is 8.97. The van der Waals surface area contributed by atoms with Gasteiger partial charge in [-0.1, -0.05) is 18.9 Å². The topological polar surface area (TPSA) is 37.3 Å². The van der Waals surface area contributed by atoms with E-state index in [2.05, 4.69) is 0 Å². The molecule has 12 heavy (non-hydrogen) atoms. The van der Waals surface area contributed by atoms with Gasteiger partial charge in [0.1, 0.15) is 0 Å². The van der Waals surface area contributed by atoms with Crippen LogP contribution in [0.1, 0.15) is 32.6 Å². The van der Waals surface area contributed by atoms with E-state index in [1.54, 1.807) is 12.2 Å². The van der Waals surface area contributed by atoms with Gasteiger partial charge in [-0.25, -0.2) is 0 Å². The van der Waals surface area contributed by atoms with Crippen molar-refractivity contribution in [1.29, 1.82) is 0 Å². The minimum Gasteiger partial charge on any atom is -0.392 e. The third-order valence-electron chi connectivity index (χ3n) is 2.43. The Bertz CT molecular complexity index is 184. The fraction of sp³-hybridized carbons (Fsp3) is 0.700. The largest absolute Gasteiger partial charge is 0.392 e. The fourth-order valence-corrected chi connectivity index (χ4v) is 1.73. The molecule has 1 aliphatic carbocycles. The zero-order valence-electron chi connectivity index (χ0n) is 7.49. The number of carbonyl (C=O) groups is 1. The number of allylic oxidation sites excluding steroid dienone is 2. The van der Waals surface area contributed by atoms with Crippen LogP contribution in [0.3, 0.4) is 0 Å². The Morgan fingerprint density at radius 1 is 1.42 bits per heavy atom. The second-order valence-electron chi connectivity index (χ2n) is 3.36. The molecule has 2 heteroatoms. The summed E-state index contributed by atoms with van der Waals surface area (Å²) >= 11 is 0. The molecule has 0 aliphatic heterocycles. The molecule has 1 aliphatic rings. The van der Waals surface area contributed by atoms with E-state index in [4.69, 9.17) is 0 Å². The zero-order valence-corrected chi connectivity index (χ0v) is 7.49. The highest BCUT2D eigenvalue weighted by atomic mass is 16.3. The van der Waals surface area contributed by atoms with E-state index in [0.29, 0.717) is 0 Å². The lowest BCUT2D eigenvalue weighted by Gasteiger charge is -2.25. The maximum atomic E-state index is 11.4. The minimum atomic E-state index is -0.401. The Balaban J connectivity index is 2.53. The molecule has 1 saturated carbocycles. The minimum absolute atomic E-state index is 0.0877. The van der Waals surface area contributed by atoms with Gasteiger partial charge in [0.15, 0.2) is 5.78 Å². The maximum absolute atomic E-state index is 11.4. The van der Waals surface area contributed by atoms with Gasteiger partial charge >= 0.3 is 0 Å². The van der Waals surface area contributed by atoms with Crippen LogP contribution >= 0.6 is 0 Å². The van der Waals surface area contributed by atoms with Crippen LogP contribution in [0.5, 0.6) is 0 Å². The Kier molecular flexibility index (Phi) is 3.48. The average molecular weight is 168 g/mol. The summed E-state index contributed by atoms with van der Waals surface area (Å²) in [6.45, 7) is 1.83. The van der Waals surface area contributed by atoms with E-state index in [9.17, 15) is 9.90 Å². The third kappa shape index (κ3) is 2.18. The van der Waals surface area contributed by atoms with Gasteiger partial charge in [0.05, 0.1) is 6.10 Å². The lowest BCUT2D eigenvalue weighted by molar-refractivity contribution is -0.123. The van der Waals surface area contributed by atoms with Gasteiger partial charge in [-0.15, -0.1) is 0 Å². The molecule has 0 saturated heterocycles. The van der Waals surface area contributed by atoms with E-state index in [1.165, 1.54) is 0 Å². The summed E-state index contributed by atoms with van der Waals surface area (Å²) in [5.41, 5.74) is 0. The molecule has 0 bridgehead atoms. The van der Waals surface area contributed by atoms with Crippen molar-refractivity contribution in [3.05, 3.63) is 12.2 Å². The first-order valence-corrected chi connectivity index (χ1v) is 4.60. The molecule has 0 heterocycles. The lowest BCUT2D eigenvalue weighted by Crippen LogP contribution is -2.30. The van der Waals surface area contributed by atoms with Crippen LogP contribution in [0.2, 0.25) is 0 Å². The van der Waals surface area contributed by atoms with Crippen molar-refractivity contribution in [1.82, 2.24) is 0 Å². The molecule has 1 rings (SSSR count). The molecule has 2 atom stereocenters. The van der Waals surface area contributed by atoms with Gasteiger partial charge in [-0.2, -0.15) is 0 Å². The van der Waals surface area contributed by atoms with Crippen molar-refractivity contribution in [3.63, 3.8) is 0 Å². The van der Waals surface area contributed by atoms with Crippen LogP contribution in [-0.2, 0) is 4.79 Å². The fourth-order valence-electron chi connectivity index (χ4n) is 1.73. The van der Waals surface area contributed by atoms with E-state index >= 15 is 0 Å². The van der Waals surface area contributed by atoms with E-state index in [0.717, 1.165) is 25.7 Å². The molecule has 0 amide bonds. The summed E-state index contributed by atoms with van der Waals surface area (Å²) in [4.78, 5) is 11.4. The molecule has 68 valence electrons. The highest BCUT2D eigenvalue weighted by Gasteiger charge is 2.27. The Morgan fingerprint density at radius 2 is 2.08 bits per heavy atom. The molecule has 0 spiro atoms. The second-order valence-corrected chi connectivity index (χ2v) is 3.36. The van der Waals surface area contributed by atoms with E-state index < -0.39 is 6.10 Å². The van der Waals surface area contributed by atoms with Crippen LogP contribution in [-0.4, -0.2) is 17.0 Å². The number of hydrogen-bond donors (Lipinski definition) is 1. The summed E-state index contributed by atoms with van der Waals surface area (Å²) in [6, 6.07) is 0. The molecule has 2 nitrogen and oxygen atoms in total.